The molecule has 0 aliphatic rings. The first-order chi connectivity index (χ1) is 12.0. The summed E-state index contributed by atoms with van der Waals surface area (Å²) in [6.07, 6.45) is -0.573. The van der Waals surface area contributed by atoms with Crippen molar-refractivity contribution in [3.63, 3.8) is 0 Å². The van der Waals surface area contributed by atoms with Gasteiger partial charge in [-0.2, -0.15) is 5.10 Å². The zero-order chi connectivity index (χ0) is 18.0. The Morgan fingerprint density at radius 3 is 2.44 bits per heavy atom. The number of benzene rings is 2. The zero-order valence-electron chi connectivity index (χ0n) is 13.9. The smallest absolute Gasteiger partial charge is 0.360 e. The van der Waals surface area contributed by atoms with Gasteiger partial charge in [0.1, 0.15) is 11.9 Å². The minimum Gasteiger partial charge on any atom is -0.453 e. The SMILES string of the molecule is CCn1nc(C(=O)O[C@H](C)c2ccc(F)cc2)c2ccccc2c1=O. The highest BCUT2D eigenvalue weighted by Crippen LogP contribution is 2.21. The highest BCUT2D eigenvalue weighted by molar-refractivity contribution is 6.02. The van der Waals surface area contributed by atoms with Crippen molar-refractivity contribution in [2.45, 2.75) is 26.5 Å². The Labute approximate surface area is 143 Å². The van der Waals surface area contributed by atoms with Crippen LogP contribution in [-0.2, 0) is 11.3 Å². The van der Waals surface area contributed by atoms with Crippen molar-refractivity contribution in [3.05, 3.63) is 76.0 Å². The molecule has 3 aromatic rings. The fourth-order valence-electron chi connectivity index (χ4n) is 2.62. The Kier molecular flexibility index (Phi) is 4.61. The van der Waals surface area contributed by atoms with Crippen molar-refractivity contribution in [3.8, 4) is 0 Å². The van der Waals surface area contributed by atoms with Crippen LogP contribution in [0.25, 0.3) is 10.8 Å². The van der Waals surface area contributed by atoms with E-state index >= 15 is 0 Å². The molecule has 0 spiro atoms. The minimum absolute atomic E-state index is 0.0889. The number of aryl methyl sites for hydroxylation is 1. The predicted octanol–water partition coefficient (Wildman–Crippen LogP) is 3.47. The van der Waals surface area contributed by atoms with Gasteiger partial charge < -0.3 is 4.74 Å². The molecular weight excluding hydrogens is 323 g/mol. The van der Waals surface area contributed by atoms with E-state index in [4.69, 9.17) is 4.74 Å². The van der Waals surface area contributed by atoms with E-state index in [0.29, 0.717) is 22.9 Å². The van der Waals surface area contributed by atoms with Gasteiger partial charge in [0, 0.05) is 11.9 Å². The number of ether oxygens (including phenoxy) is 1. The van der Waals surface area contributed by atoms with Crippen LogP contribution in [0.15, 0.2) is 53.3 Å². The summed E-state index contributed by atoms with van der Waals surface area (Å²) in [5, 5.41) is 5.02. The van der Waals surface area contributed by atoms with Crippen LogP contribution in [-0.4, -0.2) is 15.7 Å². The largest absolute Gasteiger partial charge is 0.453 e. The topological polar surface area (TPSA) is 61.2 Å². The van der Waals surface area contributed by atoms with Gasteiger partial charge in [-0.25, -0.2) is 13.9 Å². The fraction of sp³-hybridized carbons (Fsp3) is 0.211. The predicted molar refractivity (Wildman–Crippen MR) is 91.9 cm³/mol. The molecule has 0 aliphatic carbocycles. The van der Waals surface area contributed by atoms with Gasteiger partial charge in [0.25, 0.3) is 5.56 Å². The van der Waals surface area contributed by atoms with Crippen molar-refractivity contribution in [1.82, 2.24) is 9.78 Å². The molecule has 0 fully saturated rings. The van der Waals surface area contributed by atoms with E-state index in [-0.39, 0.29) is 17.1 Å². The van der Waals surface area contributed by atoms with Crippen LogP contribution in [0.4, 0.5) is 4.39 Å². The molecule has 3 rings (SSSR count). The van der Waals surface area contributed by atoms with Gasteiger partial charge in [-0.15, -0.1) is 0 Å². The number of hydrogen-bond acceptors (Lipinski definition) is 4. The standard InChI is InChI=1S/C19H17FN2O3/c1-3-22-18(23)16-7-5-4-6-15(16)17(21-22)19(24)25-12(2)13-8-10-14(20)11-9-13/h4-12H,3H2,1-2H3/t12-/m1/s1. The number of halogens is 1. The van der Waals surface area contributed by atoms with Crippen LogP contribution in [0, 0.1) is 5.82 Å². The molecule has 128 valence electrons. The molecular formula is C19H17FN2O3. The maximum absolute atomic E-state index is 13.0. The van der Waals surface area contributed by atoms with Crippen molar-refractivity contribution >= 4 is 16.7 Å². The molecule has 0 amide bonds. The average Bonchev–Trinajstić information content (AvgIpc) is 2.62. The Morgan fingerprint density at radius 1 is 1.16 bits per heavy atom. The summed E-state index contributed by atoms with van der Waals surface area (Å²) in [5.74, 6) is -0.986. The lowest BCUT2D eigenvalue weighted by Crippen LogP contribution is -2.26. The van der Waals surface area contributed by atoms with E-state index in [2.05, 4.69) is 5.10 Å². The highest BCUT2D eigenvalue weighted by atomic mass is 19.1. The van der Waals surface area contributed by atoms with E-state index in [9.17, 15) is 14.0 Å². The number of rotatable bonds is 4. The number of hydrogen-bond donors (Lipinski definition) is 0. The summed E-state index contributed by atoms with van der Waals surface area (Å²) in [6.45, 7) is 3.82. The third-order valence-electron chi connectivity index (χ3n) is 3.98. The summed E-state index contributed by atoms with van der Waals surface area (Å²) in [7, 11) is 0. The molecule has 0 N–H and O–H groups in total. The number of aromatic nitrogens is 2. The lowest BCUT2D eigenvalue weighted by atomic mass is 10.1. The van der Waals surface area contributed by atoms with Crippen molar-refractivity contribution in [2.24, 2.45) is 0 Å². The Hall–Kier alpha value is -3.02. The van der Waals surface area contributed by atoms with E-state index < -0.39 is 12.1 Å². The zero-order valence-corrected chi connectivity index (χ0v) is 13.9. The molecule has 0 aliphatic heterocycles. The van der Waals surface area contributed by atoms with Crippen LogP contribution in [0.3, 0.4) is 0 Å². The molecule has 6 heteroatoms. The van der Waals surface area contributed by atoms with Crippen LogP contribution in [0.5, 0.6) is 0 Å². The van der Waals surface area contributed by atoms with E-state index in [1.54, 1.807) is 50.2 Å². The quantitative estimate of drug-likeness (QED) is 0.682. The van der Waals surface area contributed by atoms with Gasteiger partial charge in [0.2, 0.25) is 0 Å². The van der Waals surface area contributed by atoms with Gasteiger partial charge in [0.15, 0.2) is 5.69 Å². The fourth-order valence-corrected chi connectivity index (χ4v) is 2.62. The van der Waals surface area contributed by atoms with Crippen molar-refractivity contribution in [2.75, 3.05) is 0 Å². The second-order valence-electron chi connectivity index (χ2n) is 5.61. The highest BCUT2D eigenvalue weighted by Gasteiger charge is 2.20. The number of esters is 1. The average molecular weight is 340 g/mol. The van der Waals surface area contributed by atoms with Crippen molar-refractivity contribution < 1.29 is 13.9 Å². The monoisotopic (exact) mass is 340 g/mol. The van der Waals surface area contributed by atoms with Crippen LogP contribution in [0.2, 0.25) is 0 Å². The summed E-state index contributed by atoms with van der Waals surface area (Å²) in [6, 6.07) is 12.5. The van der Waals surface area contributed by atoms with Crippen LogP contribution in [0.1, 0.15) is 36.0 Å². The number of fused-ring (bicyclic) bond motifs is 1. The Balaban J connectivity index is 1.98. The Morgan fingerprint density at radius 2 is 1.80 bits per heavy atom. The van der Waals surface area contributed by atoms with E-state index in [1.807, 2.05) is 0 Å². The minimum atomic E-state index is -0.629. The van der Waals surface area contributed by atoms with E-state index in [0.717, 1.165) is 0 Å². The molecule has 1 heterocycles. The van der Waals surface area contributed by atoms with Crippen molar-refractivity contribution in [1.29, 1.82) is 0 Å². The van der Waals surface area contributed by atoms with Crippen LogP contribution < -0.4 is 5.56 Å². The maximum atomic E-state index is 13.0. The van der Waals surface area contributed by atoms with Gasteiger partial charge >= 0.3 is 5.97 Å². The van der Waals surface area contributed by atoms with E-state index in [1.165, 1.54) is 16.8 Å². The molecule has 0 radical (unpaired) electrons. The lowest BCUT2D eigenvalue weighted by Gasteiger charge is -2.15. The third-order valence-corrected chi connectivity index (χ3v) is 3.98. The van der Waals surface area contributed by atoms with Gasteiger partial charge in [0.05, 0.1) is 5.39 Å². The first-order valence-corrected chi connectivity index (χ1v) is 7.97. The van der Waals surface area contributed by atoms with Crippen LogP contribution >= 0.6 is 0 Å². The number of carbonyl (C=O) groups is 1. The molecule has 0 unspecified atom stereocenters. The molecule has 25 heavy (non-hydrogen) atoms. The van der Waals surface area contributed by atoms with Gasteiger partial charge in [-0.1, -0.05) is 30.3 Å². The second-order valence-corrected chi connectivity index (χ2v) is 5.61. The first kappa shape index (κ1) is 16.8. The summed E-state index contributed by atoms with van der Waals surface area (Å²) in [5.41, 5.74) is 0.509. The normalized spacial score (nSPS) is 12.1. The summed E-state index contributed by atoms with van der Waals surface area (Å²) >= 11 is 0. The summed E-state index contributed by atoms with van der Waals surface area (Å²) < 4.78 is 19.7. The molecule has 2 aromatic carbocycles. The molecule has 0 saturated heterocycles. The first-order valence-electron chi connectivity index (χ1n) is 7.97. The maximum Gasteiger partial charge on any atom is 0.360 e. The molecule has 0 bridgehead atoms. The molecule has 1 aromatic heterocycles. The third kappa shape index (κ3) is 3.28. The second kappa shape index (κ2) is 6.84. The van der Waals surface area contributed by atoms with Gasteiger partial charge in [-0.3, -0.25) is 4.79 Å². The number of nitrogens with zero attached hydrogens (tertiary/aromatic N) is 2. The number of carbonyl (C=O) groups excluding carboxylic acids is 1. The molecule has 1 atom stereocenters. The molecule has 0 saturated carbocycles. The Bertz CT molecular complexity index is 980. The van der Waals surface area contributed by atoms with Gasteiger partial charge in [-0.05, 0) is 37.6 Å². The lowest BCUT2D eigenvalue weighted by molar-refractivity contribution is 0.0330. The molecule has 5 nitrogen and oxygen atoms in total. The summed E-state index contributed by atoms with van der Waals surface area (Å²) in [4.78, 5) is 24.9.